The van der Waals surface area contributed by atoms with Gasteiger partial charge in [0.25, 0.3) is 0 Å². The summed E-state index contributed by atoms with van der Waals surface area (Å²) in [6.45, 7) is 6.86. The Bertz CT molecular complexity index is 885. The number of nitrogens with zero attached hydrogens (tertiary/aromatic N) is 3. The molecule has 1 saturated heterocycles. The minimum absolute atomic E-state index is 0. The lowest BCUT2D eigenvalue weighted by Gasteiger charge is -2.32. The number of hydrogen-bond acceptors (Lipinski definition) is 4. The van der Waals surface area contributed by atoms with Gasteiger partial charge in [-0.05, 0) is 51.2 Å². The molecule has 2 aliphatic heterocycles. The fourth-order valence-electron chi connectivity index (χ4n) is 4.13. The highest BCUT2D eigenvalue weighted by atomic mass is 127. The molecule has 10 heteroatoms. The Hall–Kier alpha value is -1.40. The number of sulfonamides is 1. The summed E-state index contributed by atoms with van der Waals surface area (Å²) in [6, 6.07) is 8.30. The van der Waals surface area contributed by atoms with E-state index in [9.17, 15) is 13.2 Å². The van der Waals surface area contributed by atoms with Crippen LogP contribution in [0.5, 0.6) is 0 Å². The number of hydrogen-bond donors (Lipinski definition) is 2. The first-order chi connectivity index (χ1) is 14.9. The first-order valence-corrected chi connectivity index (χ1v) is 13.0. The summed E-state index contributed by atoms with van der Waals surface area (Å²) >= 11 is 0. The minimum atomic E-state index is -3.11. The number of halogens is 1. The van der Waals surface area contributed by atoms with Crippen molar-refractivity contribution in [3.8, 4) is 0 Å². The maximum absolute atomic E-state index is 12.6. The van der Waals surface area contributed by atoms with E-state index in [1.807, 2.05) is 30.0 Å². The monoisotopic (exact) mass is 577 g/mol. The molecule has 8 nitrogen and oxygen atoms in total. The third-order valence-corrected chi connectivity index (χ3v) is 7.79. The predicted octanol–water partition coefficient (Wildman–Crippen LogP) is 2.34. The van der Waals surface area contributed by atoms with E-state index in [4.69, 9.17) is 0 Å². The maximum Gasteiger partial charge on any atom is 0.227 e. The van der Waals surface area contributed by atoms with Gasteiger partial charge in [0.05, 0.1) is 5.75 Å². The number of amides is 1. The number of anilines is 1. The van der Waals surface area contributed by atoms with Crippen LogP contribution in [0.2, 0.25) is 0 Å². The van der Waals surface area contributed by atoms with Gasteiger partial charge in [0.15, 0.2) is 5.96 Å². The molecule has 1 aromatic carbocycles. The third-order valence-electron chi connectivity index (χ3n) is 5.90. The molecule has 0 atom stereocenters. The van der Waals surface area contributed by atoms with Crippen LogP contribution in [0.1, 0.15) is 45.1 Å². The van der Waals surface area contributed by atoms with E-state index in [2.05, 4.69) is 21.7 Å². The van der Waals surface area contributed by atoms with Crippen molar-refractivity contribution >= 4 is 51.6 Å². The van der Waals surface area contributed by atoms with Gasteiger partial charge in [-0.2, -0.15) is 0 Å². The fraction of sp³-hybridized carbons (Fsp3) is 0.636. The Morgan fingerprint density at radius 2 is 1.88 bits per heavy atom. The van der Waals surface area contributed by atoms with Gasteiger partial charge in [0, 0.05) is 50.9 Å². The predicted molar refractivity (Wildman–Crippen MR) is 140 cm³/mol. The van der Waals surface area contributed by atoms with Crippen LogP contribution in [-0.2, 0) is 21.2 Å². The van der Waals surface area contributed by atoms with Crippen molar-refractivity contribution < 1.29 is 13.2 Å². The van der Waals surface area contributed by atoms with Gasteiger partial charge in [0.1, 0.15) is 0 Å². The van der Waals surface area contributed by atoms with E-state index < -0.39 is 10.0 Å². The third kappa shape index (κ3) is 7.05. The van der Waals surface area contributed by atoms with Gasteiger partial charge in [-0.1, -0.05) is 18.2 Å². The van der Waals surface area contributed by atoms with E-state index in [0.717, 1.165) is 44.0 Å². The Balaban J connectivity index is 0.00000363. The van der Waals surface area contributed by atoms with E-state index >= 15 is 0 Å². The molecule has 0 aromatic heterocycles. The molecule has 0 radical (unpaired) electrons. The second kappa shape index (κ2) is 12.7. The van der Waals surface area contributed by atoms with Crippen LogP contribution >= 0.6 is 24.0 Å². The van der Waals surface area contributed by atoms with Crippen molar-refractivity contribution in [3.05, 3.63) is 29.8 Å². The van der Waals surface area contributed by atoms with Crippen molar-refractivity contribution in [2.24, 2.45) is 4.99 Å². The highest BCUT2D eigenvalue weighted by Gasteiger charge is 2.27. The topological polar surface area (TPSA) is 94.1 Å². The Morgan fingerprint density at radius 3 is 2.56 bits per heavy atom. The van der Waals surface area contributed by atoms with Gasteiger partial charge in [-0.25, -0.2) is 12.7 Å². The number of fused-ring (bicyclic) bond motifs is 1. The smallest absolute Gasteiger partial charge is 0.227 e. The number of benzene rings is 1. The Morgan fingerprint density at radius 1 is 1.16 bits per heavy atom. The molecule has 2 aliphatic rings. The molecule has 2 N–H and O–H groups in total. The van der Waals surface area contributed by atoms with Crippen molar-refractivity contribution in [3.63, 3.8) is 0 Å². The number of guanidine groups is 1. The van der Waals surface area contributed by atoms with Gasteiger partial charge in [0.2, 0.25) is 15.9 Å². The second-order valence-electron chi connectivity index (χ2n) is 8.01. The molecule has 32 heavy (non-hydrogen) atoms. The maximum atomic E-state index is 12.6. The normalized spacial score (nSPS) is 17.6. The summed E-state index contributed by atoms with van der Waals surface area (Å²) in [5.74, 6) is 1.04. The fourth-order valence-corrected chi connectivity index (χ4v) is 5.26. The Labute approximate surface area is 209 Å². The summed E-state index contributed by atoms with van der Waals surface area (Å²) in [6.07, 6.45) is 3.62. The summed E-state index contributed by atoms with van der Waals surface area (Å²) < 4.78 is 25.6. The lowest BCUT2D eigenvalue weighted by molar-refractivity contribution is -0.118. The van der Waals surface area contributed by atoms with Crippen LogP contribution in [0.4, 0.5) is 5.69 Å². The molecule has 0 unspecified atom stereocenters. The molecule has 180 valence electrons. The molecule has 0 spiro atoms. The second-order valence-corrected chi connectivity index (χ2v) is 10.3. The molecule has 0 saturated carbocycles. The molecule has 1 amide bonds. The number of piperidine rings is 1. The number of nitrogens with one attached hydrogen (secondary N) is 2. The van der Waals surface area contributed by atoms with Crippen LogP contribution < -0.4 is 15.5 Å². The highest BCUT2D eigenvalue weighted by Crippen LogP contribution is 2.28. The highest BCUT2D eigenvalue weighted by molar-refractivity contribution is 14.0. The largest absolute Gasteiger partial charge is 0.357 e. The number of carbonyl (C=O) groups excluding carboxylic acids is 1. The molecule has 3 rings (SSSR count). The first-order valence-electron chi connectivity index (χ1n) is 11.4. The zero-order valence-electron chi connectivity index (χ0n) is 19.0. The zero-order chi connectivity index (χ0) is 22.3. The summed E-state index contributed by atoms with van der Waals surface area (Å²) in [5.41, 5.74) is 2.28. The van der Waals surface area contributed by atoms with Crippen molar-refractivity contribution in [1.82, 2.24) is 14.9 Å². The van der Waals surface area contributed by atoms with E-state index in [0.29, 0.717) is 32.5 Å². The lowest BCUT2D eigenvalue weighted by atomic mass is 10.1. The molecular weight excluding hydrogens is 541 g/mol. The number of rotatable bonds is 8. The molecule has 1 aromatic rings. The van der Waals surface area contributed by atoms with Gasteiger partial charge < -0.3 is 15.5 Å². The van der Waals surface area contributed by atoms with Gasteiger partial charge in [-0.15, -0.1) is 24.0 Å². The lowest BCUT2D eigenvalue weighted by Crippen LogP contribution is -2.50. The molecule has 1 fully saturated rings. The van der Waals surface area contributed by atoms with Crippen LogP contribution in [0.25, 0.3) is 0 Å². The number of aliphatic imine (C=N–C) groups is 1. The van der Waals surface area contributed by atoms with Crippen molar-refractivity contribution in [2.45, 2.75) is 52.0 Å². The quantitative estimate of drug-likeness (QED) is 0.214. The van der Waals surface area contributed by atoms with Crippen molar-refractivity contribution in [1.29, 1.82) is 0 Å². The average molecular weight is 578 g/mol. The van der Waals surface area contributed by atoms with E-state index in [-0.39, 0.29) is 41.7 Å². The van der Waals surface area contributed by atoms with Crippen molar-refractivity contribution in [2.75, 3.05) is 43.4 Å². The summed E-state index contributed by atoms with van der Waals surface area (Å²) in [7, 11) is -3.11. The minimum Gasteiger partial charge on any atom is -0.357 e. The molecule has 0 aliphatic carbocycles. The molecular formula is C22H36IN5O3S. The molecule has 2 heterocycles. The first kappa shape index (κ1) is 26.8. The van der Waals surface area contributed by atoms with Crippen LogP contribution in [0.3, 0.4) is 0 Å². The van der Waals surface area contributed by atoms with Gasteiger partial charge >= 0.3 is 0 Å². The van der Waals surface area contributed by atoms with E-state index in [1.54, 1.807) is 11.2 Å². The zero-order valence-corrected chi connectivity index (χ0v) is 22.2. The van der Waals surface area contributed by atoms with Crippen LogP contribution in [0, 0.1) is 0 Å². The van der Waals surface area contributed by atoms with Crippen LogP contribution in [-0.4, -0.2) is 69.1 Å². The number of para-hydroxylation sites is 1. The molecule has 0 bridgehead atoms. The number of carbonyl (C=O) groups is 1. The van der Waals surface area contributed by atoms with E-state index in [1.165, 1.54) is 5.56 Å². The average Bonchev–Trinajstić information content (AvgIpc) is 3.21. The Kier molecular flexibility index (Phi) is 10.7. The summed E-state index contributed by atoms with van der Waals surface area (Å²) in [4.78, 5) is 19.1. The summed E-state index contributed by atoms with van der Waals surface area (Å²) in [5, 5.41) is 6.68. The van der Waals surface area contributed by atoms with Gasteiger partial charge in [-0.3, -0.25) is 9.79 Å². The standard InChI is InChI=1S/C22H35N5O3S.HI/c1-3-23-22(25-19-12-15-26(16-13-19)31(29,30)4-2)24-14-7-10-21(28)27-17-11-18-8-5-6-9-20(18)27;/h5-6,8-9,19H,3-4,7,10-17H2,1-2H3,(H2,23,24,25);1H. The van der Waals surface area contributed by atoms with Crippen LogP contribution in [0.15, 0.2) is 29.3 Å². The SMILES string of the molecule is CCNC(=NCCCC(=O)N1CCc2ccccc21)NC1CCN(S(=O)(=O)CC)CC1.I.